The van der Waals surface area contributed by atoms with E-state index in [0.717, 1.165) is 6.42 Å². The first kappa shape index (κ1) is 11.7. The van der Waals surface area contributed by atoms with Crippen LogP contribution in [0.1, 0.15) is 19.8 Å². The SMILES string of the molecule is C=CC(C=C)(CCC)OC(=O)OO. The van der Waals surface area contributed by atoms with Gasteiger partial charge in [0.05, 0.1) is 0 Å². The molecule has 0 spiro atoms. The Hall–Kier alpha value is -1.29. The van der Waals surface area contributed by atoms with Crippen LogP contribution in [0.15, 0.2) is 25.3 Å². The summed E-state index contributed by atoms with van der Waals surface area (Å²) in [6, 6.07) is 0. The third kappa shape index (κ3) is 3.29. The largest absolute Gasteiger partial charge is 0.541 e. The lowest BCUT2D eigenvalue weighted by molar-refractivity contribution is -0.207. The van der Waals surface area contributed by atoms with Crippen molar-refractivity contribution in [2.45, 2.75) is 25.4 Å². The highest BCUT2D eigenvalue weighted by Gasteiger charge is 2.27. The van der Waals surface area contributed by atoms with Crippen molar-refractivity contribution in [3.8, 4) is 0 Å². The molecule has 0 bridgehead atoms. The van der Waals surface area contributed by atoms with E-state index in [4.69, 9.17) is 9.99 Å². The molecule has 0 radical (unpaired) electrons. The minimum absolute atomic E-state index is 0.551. The fourth-order valence-electron chi connectivity index (χ4n) is 0.986. The average Bonchev–Trinajstić information content (AvgIpc) is 2.17. The zero-order valence-corrected chi connectivity index (χ0v) is 7.66. The van der Waals surface area contributed by atoms with Crippen LogP contribution in [0.5, 0.6) is 0 Å². The van der Waals surface area contributed by atoms with Gasteiger partial charge in [0.15, 0.2) is 5.60 Å². The third-order valence-electron chi connectivity index (χ3n) is 1.68. The fraction of sp³-hybridized carbons (Fsp3) is 0.444. The van der Waals surface area contributed by atoms with Gasteiger partial charge in [-0.3, -0.25) is 4.89 Å². The van der Waals surface area contributed by atoms with Crippen molar-refractivity contribution in [2.24, 2.45) is 0 Å². The molecule has 0 aliphatic carbocycles. The van der Waals surface area contributed by atoms with Crippen LogP contribution in [0.3, 0.4) is 0 Å². The Morgan fingerprint density at radius 2 is 2.08 bits per heavy atom. The summed E-state index contributed by atoms with van der Waals surface area (Å²) >= 11 is 0. The van der Waals surface area contributed by atoms with Gasteiger partial charge in [-0.05, 0) is 18.6 Å². The molecule has 0 fully saturated rings. The molecule has 0 rings (SSSR count). The molecule has 0 aromatic carbocycles. The fourth-order valence-corrected chi connectivity index (χ4v) is 0.986. The van der Waals surface area contributed by atoms with E-state index >= 15 is 0 Å². The van der Waals surface area contributed by atoms with E-state index in [0.29, 0.717) is 6.42 Å². The lowest BCUT2D eigenvalue weighted by Gasteiger charge is -2.24. The van der Waals surface area contributed by atoms with Crippen molar-refractivity contribution in [1.82, 2.24) is 0 Å². The molecule has 74 valence electrons. The van der Waals surface area contributed by atoms with Crippen molar-refractivity contribution in [3.63, 3.8) is 0 Å². The van der Waals surface area contributed by atoms with Crippen molar-refractivity contribution >= 4 is 6.16 Å². The number of ether oxygens (including phenoxy) is 1. The molecule has 0 atom stereocenters. The first-order valence-electron chi connectivity index (χ1n) is 3.95. The summed E-state index contributed by atoms with van der Waals surface area (Å²) in [4.78, 5) is 14.0. The van der Waals surface area contributed by atoms with E-state index in [1.54, 1.807) is 0 Å². The van der Waals surface area contributed by atoms with Crippen LogP contribution in [-0.4, -0.2) is 17.0 Å². The van der Waals surface area contributed by atoms with E-state index in [1.807, 2.05) is 6.92 Å². The Labute approximate surface area is 77.4 Å². The van der Waals surface area contributed by atoms with Gasteiger partial charge in [-0.15, -0.1) is 0 Å². The number of rotatable bonds is 5. The van der Waals surface area contributed by atoms with Crippen molar-refractivity contribution in [1.29, 1.82) is 0 Å². The van der Waals surface area contributed by atoms with Gasteiger partial charge in [0.1, 0.15) is 0 Å². The van der Waals surface area contributed by atoms with Gasteiger partial charge >= 0.3 is 6.16 Å². The van der Waals surface area contributed by atoms with E-state index in [1.165, 1.54) is 12.2 Å². The van der Waals surface area contributed by atoms with Crippen LogP contribution in [0.25, 0.3) is 0 Å². The third-order valence-corrected chi connectivity index (χ3v) is 1.68. The zero-order chi connectivity index (χ0) is 10.3. The standard InChI is InChI=1S/C9H14O4/c1-4-7-9(5-2,6-3)12-8(10)13-11/h5-6,11H,2-4,7H2,1H3. The van der Waals surface area contributed by atoms with Gasteiger partial charge in [0.2, 0.25) is 0 Å². The molecule has 0 saturated carbocycles. The summed E-state index contributed by atoms with van der Waals surface area (Å²) in [7, 11) is 0. The van der Waals surface area contributed by atoms with Crippen molar-refractivity contribution in [3.05, 3.63) is 25.3 Å². The highest BCUT2D eigenvalue weighted by atomic mass is 17.1. The van der Waals surface area contributed by atoms with Gasteiger partial charge in [0.25, 0.3) is 0 Å². The molecule has 0 heterocycles. The van der Waals surface area contributed by atoms with Crippen LogP contribution >= 0.6 is 0 Å². The molecule has 13 heavy (non-hydrogen) atoms. The highest BCUT2D eigenvalue weighted by Crippen LogP contribution is 2.21. The quantitative estimate of drug-likeness (QED) is 0.310. The van der Waals surface area contributed by atoms with Crippen LogP contribution in [0, 0.1) is 0 Å². The first-order chi connectivity index (χ1) is 6.14. The number of carbonyl (C=O) groups is 1. The monoisotopic (exact) mass is 186 g/mol. The lowest BCUT2D eigenvalue weighted by Crippen LogP contribution is -2.30. The molecule has 0 amide bonds. The van der Waals surface area contributed by atoms with E-state index in [2.05, 4.69) is 18.0 Å². The number of hydrogen-bond donors (Lipinski definition) is 1. The molecule has 0 aromatic heterocycles. The molecule has 0 aliphatic rings. The van der Waals surface area contributed by atoms with Gasteiger partial charge in [-0.25, -0.2) is 4.79 Å². The van der Waals surface area contributed by atoms with Crippen LogP contribution in [0.2, 0.25) is 0 Å². The minimum atomic E-state index is -1.16. The summed E-state index contributed by atoms with van der Waals surface area (Å²) in [5.74, 6) is 0. The molecular formula is C9H14O4. The molecule has 4 nitrogen and oxygen atoms in total. The summed E-state index contributed by atoms with van der Waals surface area (Å²) < 4.78 is 4.78. The molecule has 0 saturated heterocycles. The topological polar surface area (TPSA) is 55.8 Å². The van der Waals surface area contributed by atoms with Crippen LogP contribution < -0.4 is 0 Å². The maximum Gasteiger partial charge on any atom is 0.541 e. The number of carbonyl (C=O) groups excluding carboxylic acids is 1. The molecule has 0 unspecified atom stereocenters. The predicted octanol–water partition coefficient (Wildman–Crippen LogP) is 2.52. The maximum absolute atomic E-state index is 10.6. The molecule has 4 heteroatoms. The van der Waals surface area contributed by atoms with Crippen LogP contribution in [-0.2, 0) is 9.62 Å². The molecule has 0 aliphatic heterocycles. The van der Waals surface area contributed by atoms with Crippen molar-refractivity contribution < 1.29 is 19.7 Å². The van der Waals surface area contributed by atoms with Crippen molar-refractivity contribution in [2.75, 3.05) is 0 Å². The summed E-state index contributed by atoms with van der Waals surface area (Å²) in [5, 5.41) is 8.01. The Morgan fingerprint density at radius 3 is 2.38 bits per heavy atom. The van der Waals surface area contributed by atoms with E-state index < -0.39 is 11.8 Å². The normalized spacial score (nSPS) is 10.3. The van der Waals surface area contributed by atoms with Gasteiger partial charge in [-0.2, -0.15) is 5.26 Å². The second-order valence-corrected chi connectivity index (χ2v) is 2.56. The average molecular weight is 186 g/mol. The summed E-state index contributed by atoms with van der Waals surface area (Å²) in [6.07, 6.45) is 3.07. The smallest absolute Gasteiger partial charge is 0.417 e. The van der Waals surface area contributed by atoms with Gasteiger partial charge < -0.3 is 4.74 Å². The Kier molecular flexibility index (Phi) is 4.84. The predicted molar refractivity (Wildman–Crippen MR) is 48.2 cm³/mol. The van der Waals surface area contributed by atoms with Crippen LogP contribution in [0.4, 0.5) is 4.79 Å². The lowest BCUT2D eigenvalue weighted by atomic mass is 9.98. The molecular weight excluding hydrogens is 172 g/mol. The summed E-state index contributed by atoms with van der Waals surface area (Å²) in [5.41, 5.74) is -0.950. The zero-order valence-electron chi connectivity index (χ0n) is 7.66. The second kappa shape index (κ2) is 5.37. The summed E-state index contributed by atoms with van der Waals surface area (Å²) in [6.45, 7) is 8.97. The maximum atomic E-state index is 10.6. The molecule has 0 aromatic rings. The second-order valence-electron chi connectivity index (χ2n) is 2.56. The van der Waals surface area contributed by atoms with E-state index in [-0.39, 0.29) is 0 Å². The Balaban J connectivity index is 4.46. The first-order valence-corrected chi connectivity index (χ1v) is 3.95. The Morgan fingerprint density at radius 1 is 1.54 bits per heavy atom. The van der Waals surface area contributed by atoms with Gasteiger partial charge in [0, 0.05) is 0 Å². The number of hydrogen-bond acceptors (Lipinski definition) is 4. The Bertz CT molecular complexity index is 190. The molecule has 1 N–H and O–H groups in total. The highest BCUT2D eigenvalue weighted by molar-refractivity contribution is 5.60. The van der Waals surface area contributed by atoms with Gasteiger partial charge in [-0.1, -0.05) is 26.5 Å². The minimum Gasteiger partial charge on any atom is -0.417 e. The van der Waals surface area contributed by atoms with E-state index in [9.17, 15) is 4.79 Å².